The molecule has 3 atom stereocenters. The van der Waals surface area contributed by atoms with Crippen molar-refractivity contribution in [2.75, 3.05) is 32.8 Å². The number of likely N-dealkylation sites (tertiary alicyclic amines) is 1. The van der Waals surface area contributed by atoms with Gasteiger partial charge in [-0.3, -0.25) is 4.79 Å². The highest BCUT2D eigenvalue weighted by Crippen LogP contribution is 2.42. The third-order valence-electron chi connectivity index (χ3n) is 4.74. The number of benzene rings is 1. The summed E-state index contributed by atoms with van der Waals surface area (Å²) in [6.45, 7) is 5.58. The Morgan fingerprint density at radius 1 is 1.43 bits per heavy atom. The Labute approximate surface area is 142 Å². The lowest BCUT2D eigenvalue weighted by Gasteiger charge is -2.28. The van der Waals surface area contributed by atoms with E-state index in [9.17, 15) is 9.18 Å². The Bertz CT molecular complexity index is 543. The van der Waals surface area contributed by atoms with Crippen LogP contribution in [0.3, 0.4) is 0 Å². The first-order valence-corrected chi connectivity index (χ1v) is 8.04. The molecule has 6 heteroatoms. The minimum absolute atomic E-state index is 0. The van der Waals surface area contributed by atoms with Crippen molar-refractivity contribution in [3.8, 4) is 0 Å². The van der Waals surface area contributed by atoms with Gasteiger partial charge in [0.1, 0.15) is 5.82 Å². The van der Waals surface area contributed by atoms with Crippen LogP contribution < -0.4 is 5.32 Å². The van der Waals surface area contributed by atoms with Gasteiger partial charge in [-0.15, -0.1) is 12.4 Å². The van der Waals surface area contributed by atoms with E-state index >= 15 is 0 Å². The van der Waals surface area contributed by atoms with Crippen molar-refractivity contribution in [2.45, 2.75) is 19.4 Å². The number of hydrogen-bond donors (Lipinski definition) is 1. The first kappa shape index (κ1) is 18.2. The van der Waals surface area contributed by atoms with Crippen LogP contribution in [0.2, 0.25) is 0 Å². The minimum atomic E-state index is -0.242. The average Bonchev–Trinajstić information content (AvgIpc) is 3.07. The topological polar surface area (TPSA) is 41.6 Å². The molecule has 2 heterocycles. The largest absolute Gasteiger partial charge is 0.381 e. The predicted octanol–water partition coefficient (Wildman–Crippen LogP) is 2.39. The normalized spacial score (nSPS) is 26.0. The number of ether oxygens (including phenoxy) is 1. The second kappa shape index (κ2) is 8.08. The van der Waals surface area contributed by atoms with Crippen LogP contribution >= 0.6 is 12.4 Å². The van der Waals surface area contributed by atoms with Gasteiger partial charge in [0.15, 0.2) is 0 Å². The molecule has 0 radical (unpaired) electrons. The molecular weight excluding hydrogens is 319 g/mol. The Morgan fingerprint density at radius 3 is 3.00 bits per heavy atom. The molecule has 0 aliphatic carbocycles. The number of carbonyl (C=O) groups excluding carboxylic acids is 1. The summed E-state index contributed by atoms with van der Waals surface area (Å²) in [5, 5.41) is 3.39. The zero-order valence-electron chi connectivity index (χ0n) is 13.3. The van der Waals surface area contributed by atoms with Gasteiger partial charge in [0.05, 0.1) is 19.1 Å². The van der Waals surface area contributed by atoms with E-state index in [4.69, 9.17) is 4.74 Å². The van der Waals surface area contributed by atoms with Crippen LogP contribution in [0.25, 0.3) is 0 Å². The lowest BCUT2D eigenvalue weighted by atomic mass is 9.89. The third kappa shape index (κ3) is 3.84. The van der Waals surface area contributed by atoms with E-state index < -0.39 is 0 Å². The number of fused-ring (bicyclic) bond motifs is 1. The number of amides is 1. The molecule has 0 saturated carbocycles. The van der Waals surface area contributed by atoms with Gasteiger partial charge in [0, 0.05) is 32.2 Å². The molecule has 23 heavy (non-hydrogen) atoms. The Balaban J connectivity index is 0.00000192. The number of nitrogens with zero attached hydrogens (tertiary/aromatic N) is 1. The van der Waals surface area contributed by atoms with Crippen molar-refractivity contribution in [1.29, 1.82) is 0 Å². The number of halogens is 2. The Kier molecular flexibility index (Phi) is 6.39. The molecule has 2 saturated heterocycles. The fourth-order valence-corrected chi connectivity index (χ4v) is 3.74. The summed E-state index contributed by atoms with van der Waals surface area (Å²) >= 11 is 0. The van der Waals surface area contributed by atoms with Crippen molar-refractivity contribution in [3.63, 3.8) is 0 Å². The molecule has 2 fully saturated rings. The van der Waals surface area contributed by atoms with Gasteiger partial charge >= 0.3 is 0 Å². The molecule has 0 spiro atoms. The number of nitrogens with one attached hydrogen (secondary N) is 1. The molecule has 1 amide bonds. The molecule has 1 N–H and O–H groups in total. The second-order valence-corrected chi connectivity index (χ2v) is 6.08. The van der Waals surface area contributed by atoms with Crippen molar-refractivity contribution in [3.05, 3.63) is 35.6 Å². The third-order valence-corrected chi connectivity index (χ3v) is 4.74. The SMILES string of the molecule is CCOCCC(=O)N1C[C@@H]2CNC[C@@H]2[C@H]1c1cccc(F)c1.Cl. The maximum atomic E-state index is 13.6. The molecule has 0 aromatic heterocycles. The van der Waals surface area contributed by atoms with Crippen LogP contribution in [-0.2, 0) is 9.53 Å². The number of rotatable bonds is 5. The standard InChI is InChI=1S/C17H23FN2O2.ClH/c1-2-22-7-6-16(21)20-11-13-9-19-10-15(13)17(20)12-4-3-5-14(18)8-12;/h3-5,8,13,15,17,19H,2,6-7,9-11H2,1H3;1H/t13-,15-,17+;/m0./s1. The molecule has 128 valence electrons. The van der Waals surface area contributed by atoms with Gasteiger partial charge in [0.25, 0.3) is 0 Å². The lowest BCUT2D eigenvalue weighted by Crippen LogP contribution is -2.35. The van der Waals surface area contributed by atoms with Crippen LogP contribution in [0.4, 0.5) is 4.39 Å². The van der Waals surface area contributed by atoms with Gasteiger partial charge in [-0.2, -0.15) is 0 Å². The van der Waals surface area contributed by atoms with Gasteiger partial charge in [-0.1, -0.05) is 12.1 Å². The van der Waals surface area contributed by atoms with E-state index in [2.05, 4.69) is 5.32 Å². The zero-order chi connectivity index (χ0) is 15.5. The van der Waals surface area contributed by atoms with Crippen molar-refractivity contribution in [1.82, 2.24) is 10.2 Å². The maximum absolute atomic E-state index is 13.6. The van der Waals surface area contributed by atoms with Crippen LogP contribution in [0, 0.1) is 17.7 Å². The molecule has 4 nitrogen and oxygen atoms in total. The highest BCUT2D eigenvalue weighted by atomic mass is 35.5. The predicted molar refractivity (Wildman–Crippen MR) is 89.1 cm³/mol. The summed E-state index contributed by atoms with van der Waals surface area (Å²) in [5.74, 6) is 0.702. The minimum Gasteiger partial charge on any atom is -0.381 e. The lowest BCUT2D eigenvalue weighted by molar-refractivity contribution is -0.133. The molecule has 2 aliphatic rings. The Morgan fingerprint density at radius 2 is 2.26 bits per heavy atom. The first-order chi connectivity index (χ1) is 10.7. The van der Waals surface area contributed by atoms with Gasteiger partial charge in [0.2, 0.25) is 5.91 Å². The monoisotopic (exact) mass is 342 g/mol. The molecule has 1 aromatic carbocycles. The maximum Gasteiger partial charge on any atom is 0.225 e. The van der Waals surface area contributed by atoms with Crippen molar-refractivity contribution in [2.24, 2.45) is 11.8 Å². The van der Waals surface area contributed by atoms with Crippen LogP contribution in [0.15, 0.2) is 24.3 Å². The van der Waals surface area contributed by atoms with Crippen LogP contribution in [0.5, 0.6) is 0 Å². The molecule has 2 aliphatic heterocycles. The average molecular weight is 343 g/mol. The summed E-state index contributed by atoms with van der Waals surface area (Å²) in [7, 11) is 0. The summed E-state index contributed by atoms with van der Waals surface area (Å²) in [6, 6.07) is 6.64. The fourth-order valence-electron chi connectivity index (χ4n) is 3.74. The van der Waals surface area contributed by atoms with Crippen molar-refractivity contribution >= 4 is 18.3 Å². The Hall–Kier alpha value is -1.17. The van der Waals surface area contributed by atoms with Crippen LogP contribution in [0.1, 0.15) is 24.9 Å². The van der Waals surface area contributed by atoms with E-state index in [-0.39, 0.29) is 30.2 Å². The highest BCUT2D eigenvalue weighted by molar-refractivity contribution is 5.85. The quantitative estimate of drug-likeness (QED) is 0.835. The van der Waals surface area contributed by atoms with E-state index in [0.29, 0.717) is 31.5 Å². The van der Waals surface area contributed by atoms with Gasteiger partial charge < -0.3 is 15.0 Å². The summed E-state index contributed by atoms with van der Waals surface area (Å²) in [4.78, 5) is 14.5. The molecule has 0 unspecified atom stereocenters. The number of carbonyl (C=O) groups is 1. The highest BCUT2D eigenvalue weighted by Gasteiger charge is 2.46. The first-order valence-electron chi connectivity index (χ1n) is 8.04. The molecule has 1 aromatic rings. The molecule has 3 rings (SSSR count). The summed E-state index contributed by atoms with van der Waals surface area (Å²) in [5.41, 5.74) is 0.904. The van der Waals surface area contributed by atoms with Crippen LogP contribution in [-0.4, -0.2) is 43.7 Å². The smallest absolute Gasteiger partial charge is 0.225 e. The van der Waals surface area contributed by atoms with Gasteiger partial charge in [-0.05, 0) is 30.5 Å². The number of hydrogen-bond acceptors (Lipinski definition) is 3. The summed E-state index contributed by atoms with van der Waals surface area (Å²) in [6.07, 6.45) is 0.395. The van der Waals surface area contributed by atoms with Crippen molar-refractivity contribution < 1.29 is 13.9 Å². The van der Waals surface area contributed by atoms with E-state index in [1.807, 2.05) is 17.9 Å². The molecule has 0 bridgehead atoms. The van der Waals surface area contributed by atoms with Gasteiger partial charge in [-0.25, -0.2) is 4.39 Å². The van der Waals surface area contributed by atoms with E-state index in [1.165, 1.54) is 6.07 Å². The van der Waals surface area contributed by atoms with E-state index in [1.54, 1.807) is 12.1 Å². The second-order valence-electron chi connectivity index (χ2n) is 6.08. The molecular formula is C17H24ClFN2O2. The zero-order valence-corrected chi connectivity index (χ0v) is 14.2. The van der Waals surface area contributed by atoms with E-state index in [0.717, 1.165) is 25.2 Å². The fraction of sp³-hybridized carbons (Fsp3) is 0.588. The summed E-state index contributed by atoms with van der Waals surface area (Å²) < 4.78 is 18.9.